The molecule has 1 fully saturated rings. The van der Waals surface area contributed by atoms with Crippen molar-refractivity contribution < 1.29 is 9.47 Å². The molecule has 0 saturated heterocycles. The average Bonchev–Trinajstić information content (AvgIpc) is 2.61. The van der Waals surface area contributed by atoms with Crippen LogP contribution in [-0.4, -0.2) is 30.1 Å². The van der Waals surface area contributed by atoms with Gasteiger partial charge >= 0.3 is 0 Å². The van der Waals surface area contributed by atoms with Crippen LogP contribution in [0.4, 0.5) is 0 Å². The van der Waals surface area contributed by atoms with Crippen LogP contribution in [0, 0.1) is 5.92 Å². The van der Waals surface area contributed by atoms with Crippen molar-refractivity contribution in [2.24, 2.45) is 11.0 Å². The molecular weight excluding hydrogens is 322 g/mol. The van der Waals surface area contributed by atoms with Gasteiger partial charge in [-0.3, -0.25) is 5.43 Å². The molecular formula is C18H25N3O2S. The Hall–Kier alpha value is -1.82. The molecule has 2 N–H and O–H groups in total. The Morgan fingerprint density at radius 1 is 1.17 bits per heavy atom. The van der Waals surface area contributed by atoms with E-state index >= 15 is 0 Å². The second-order valence-corrected chi connectivity index (χ2v) is 6.92. The van der Waals surface area contributed by atoms with Crippen LogP contribution in [0.25, 0.3) is 0 Å². The summed E-state index contributed by atoms with van der Waals surface area (Å²) in [7, 11) is 0. The molecule has 1 aliphatic heterocycles. The predicted octanol–water partition coefficient (Wildman–Crippen LogP) is 3.22. The number of fused-ring (bicyclic) bond motifs is 1. The first-order valence-corrected chi connectivity index (χ1v) is 9.05. The third-order valence-electron chi connectivity index (χ3n) is 4.71. The van der Waals surface area contributed by atoms with Crippen molar-refractivity contribution in [3.63, 3.8) is 0 Å². The zero-order valence-electron chi connectivity index (χ0n) is 14.3. The Balaban J connectivity index is 1.58. The molecule has 6 heteroatoms. The standard InChI is InChI=1S/C18H25N3O2S/c1-12-5-3-4-6-15(12)19-18(24)21-20-13(2)14-7-8-16-17(11-14)23-10-9-22-16/h7-8,11-12,15H,3-6,9-10H2,1-2H3,(H2,19,21,24)/b20-13-/t12-,15-/m1/s1. The Labute approximate surface area is 148 Å². The van der Waals surface area contributed by atoms with Gasteiger partial charge < -0.3 is 14.8 Å². The molecule has 1 aliphatic carbocycles. The van der Waals surface area contributed by atoms with Gasteiger partial charge in [-0.2, -0.15) is 5.10 Å². The Morgan fingerprint density at radius 2 is 1.92 bits per heavy atom. The highest BCUT2D eigenvalue weighted by atomic mass is 32.1. The van der Waals surface area contributed by atoms with Crippen LogP contribution in [-0.2, 0) is 0 Å². The zero-order valence-corrected chi connectivity index (χ0v) is 15.1. The molecule has 2 atom stereocenters. The summed E-state index contributed by atoms with van der Waals surface area (Å²) in [5, 5.41) is 8.38. The third kappa shape index (κ3) is 4.17. The number of benzene rings is 1. The van der Waals surface area contributed by atoms with Gasteiger partial charge in [-0.15, -0.1) is 0 Å². The molecule has 1 aromatic rings. The fourth-order valence-electron chi connectivity index (χ4n) is 3.20. The van der Waals surface area contributed by atoms with E-state index in [0.717, 1.165) is 22.8 Å². The summed E-state index contributed by atoms with van der Waals surface area (Å²) in [5.74, 6) is 2.21. The van der Waals surface area contributed by atoms with Crippen molar-refractivity contribution in [3.05, 3.63) is 23.8 Å². The fourth-order valence-corrected chi connectivity index (χ4v) is 3.40. The summed E-state index contributed by atoms with van der Waals surface area (Å²) in [6, 6.07) is 6.30. The predicted molar refractivity (Wildman–Crippen MR) is 99.9 cm³/mol. The third-order valence-corrected chi connectivity index (χ3v) is 4.92. The van der Waals surface area contributed by atoms with E-state index in [-0.39, 0.29) is 0 Å². The lowest BCUT2D eigenvalue weighted by Crippen LogP contribution is -2.44. The smallest absolute Gasteiger partial charge is 0.187 e. The molecule has 5 nitrogen and oxygen atoms in total. The van der Waals surface area contributed by atoms with E-state index in [4.69, 9.17) is 21.7 Å². The van der Waals surface area contributed by atoms with Gasteiger partial charge in [0.15, 0.2) is 16.6 Å². The summed E-state index contributed by atoms with van der Waals surface area (Å²) in [4.78, 5) is 0. The van der Waals surface area contributed by atoms with Crippen molar-refractivity contribution in [2.45, 2.75) is 45.6 Å². The number of rotatable bonds is 3. The lowest BCUT2D eigenvalue weighted by molar-refractivity contribution is 0.171. The summed E-state index contributed by atoms with van der Waals surface area (Å²) >= 11 is 5.38. The molecule has 3 rings (SSSR count). The molecule has 130 valence electrons. The molecule has 1 saturated carbocycles. The molecule has 1 aromatic carbocycles. The van der Waals surface area contributed by atoms with Crippen LogP contribution in [0.15, 0.2) is 23.3 Å². The highest BCUT2D eigenvalue weighted by Crippen LogP contribution is 2.30. The van der Waals surface area contributed by atoms with Gasteiger partial charge in [0.2, 0.25) is 0 Å². The van der Waals surface area contributed by atoms with Crippen LogP contribution < -0.4 is 20.2 Å². The number of hydrogen-bond acceptors (Lipinski definition) is 4. The summed E-state index contributed by atoms with van der Waals surface area (Å²) < 4.78 is 11.2. The first kappa shape index (κ1) is 17.0. The van der Waals surface area contributed by atoms with Gasteiger partial charge in [-0.25, -0.2) is 0 Å². The van der Waals surface area contributed by atoms with E-state index in [0.29, 0.717) is 30.3 Å². The maximum atomic E-state index is 5.61. The lowest BCUT2D eigenvalue weighted by atomic mass is 9.86. The van der Waals surface area contributed by atoms with Crippen LogP contribution in [0.2, 0.25) is 0 Å². The Bertz CT molecular complexity index is 633. The molecule has 0 spiro atoms. The molecule has 0 amide bonds. The quantitative estimate of drug-likeness (QED) is 0.499. The minimum atomic E-state index is 0.448. The van der Waals surface area contributed by atoms with Crippen molar-refractivity contribution >= 4 is 23.0 Å². The van der Waals surface area contributed by atoms with E-state index in [9.17, 15) is 0 Å². The number of nitrogens with one attached hydrogen (secondary N) is 2. The first-order chi connectivity index (χ1) is 11.6. The zero-order chi connectivity index (χ0) is 16.9. The summed E-state index contributed by atoms with van der Waals surface area (Å²) in [6.45, 7) is 5.41. The molecule has 0 radical (unpaired) electrons. The van der Waals surface area contributed by atoms with Crippen molar-refractivity contribution in [2.75, 3.05) is 13.2 Å². The monoisotopic (exact) mass is 347 g/mol. The molecule has 24 heavy (non-hydrogen) atoms. The lowest BCUT2D eigenvalue weighted by Gasteiger charge is -2.30. The Morgan fingerprint density at radius 3 is 2.71 bits per heavy atom. The van der Waals surface area contributed by atoms with Gasteiger partial charge in [0.05, 0.1) is 5.71 Å². The van der Waals surface area contributed by atoms with Crippen LogP contribution in [0.5, 0.6) is 11.5 Å². The normalized spacial score (nSPS) is 23.5. The SMILES string of the molecule is C/C(=N/NC(=S)N[C@@H]1CCCC[C@H]1C)c1ccc2c(c1)OCCO2. The van der Waals surface area contributed by atoms with Gasteiger partial charge in [0.25, 0.3) is 0 Å². The van der Waals surface area contributed by atoms with Crippen molar-refractivity contribution in [1.29, 1.82) is 0 Å². The molecule has 2 aliphatic rings. The second kappa shape index (κ2) is 7.83. The Kier molecular flexibility index (Phi) is 5.56. The number of hydrazone groups is 1. The minimum Gasteiger partial charge on any atom is -0.486 e. The number of ether oxygens (including phenoxy) is 2. The highest BCUT2D eigenvalue weighted by molar-refractivity contribution is 7.80. The van der Waals surface area contributed by atoms with Gasteiger partial charge in [0, 0.05) is 11.6 Å². The van der Waals surface area contributed by atoms with E-state index in [1.54, 1.807) is 0 Å². The number of nitrogens with zero attached hydrogens (tertiary/aromatic N) is 1. The van der Waals surface area contributed by atoms with Crippen LogP contribution in [0.3, 0.4) is 0 Å². The van der Waals surface area contributed by atoms with E-state index < -0.39 is 0 Å². The first-order valence-electron chi connectivity index (χ1n) is 8.64. The van der Waals surface area contributed by atoms with E-state index in [1.807, 2.05) is 25.1 Å². The van der Waals surface area contributed by atoms with Crippen LogP contribution in [0.1, 0.15) is 45.1 Å². The minimum absolute atomic E-state index is 0.448. The summed E-state index contributed by atoms with van der Waals surface area (Å²) in [5.41, 5.74) is 4.81. The average molecular weight is 347 g/mol. The molecule has 0 aromatic heterocycles. The van der Waals surface area contributed by atoms with E-state index in [1.165, 1.54) is 25.7 Å². The topological polar surface area (TPSA) is 54.9 Å². The second-order valence-electron chi connectivity index (χ2n) is 6.51. The summed E-state index contributed by atoms with van der Waals surface area (Å²) in [6.07, 6.45) is 5.03. The van der Waals surface area contributed by atoms with Gasteiger partial charge in [-0.05, 0) is 56.1 Å². The number of hydrogen-bond donors (Lipinski definition) is 2. The van der Waals surface area contributed by atoms with Gasteiger partial charge in [0.1, 0.15) is 13.2 Å². The number of thiocarbonyl (C=S) groups is 1. The molecule has 1 heterocycles. The fraction of sp³-hybridized carbons (Fsp3) is 0.556. The molecule has 0 unspecified atom stereocenters. The van der Waals surface area contributed by atoms with Crippen molar-refractivity contribution in [3.8, 4) is 11.5 Å². The largest absolute Gasteiger partial charge is 0.486 e. The van der Waals surface area contributed by atoms with Crippen LogP contribution >= 0.6 is 12.2 Å². The van der Waals surface area contributed by atoms with Gasteiger partial charge in [-0.1, -0.05) is 19.8 Å². The maximum absolute atomic E-state index is 5.61. The maximum Gasteiger partial charge on any atom is 0.187 e. The van der Waals surface area contributed by atoms with Crippen molar-refractivity contribution in [1.82, 2.24) is 10.7 Å². The highest BCUT2D eigenvalue weighted by Gasteiger charge is 2.21. The van der Waals surface area contributed by atoms with E-state index in [2.05, 4.69) is 22.8 Å². The molecule has 0 bridgehead atoms.